The molecule has 0 heteroatoms. The van der Waals surface area contributed by atoms with Gasteiger partial charge in [0.2, 0.25) is 0 Å². The molecule has 0 atom stereocenters. The molecule has 0 unspecified atom stereocenters. The van der Waals surface area contributed by atoms with Crippen molar-refractivity contribution in [2.45, 2.75) is 19.3 Å². The van der Waals surface area contributed by atoms with Gasteiger partial charge in [-0.1, -0.05) is 184 Å². The van der Waals surface area contributed by atoms with Crippen LogP contribution in [0.25, 0.3) is 109 Å². The highest BCUT2D eigenvalue weighted by Gasteiger charge is 2.36. The van der Waals surface area contributed by atoms with E-state index in [1.165, 1.54) is 121 Å². The van der Waals surface area contributed by atoms with Crippen LogP contribution < -0.4 is 0 Å². The lowest BCUT2D eigenvalue weighted by atomic mass is 9.81. The van der Waals surface area contributed by atoms with Crippen molar-refractivity contribution >= 4 is 53.9 Å². The summed E-state index contributed by atoms with van der Waals surface area (Å²) in [7, 11) is 0. The van der Waals surface area contributed by atoms with Crippen LogP contribution in [0.5, 0.6) is 0 Å². The van der Waals surface area contributed by atoms with E-state index in [0.717, 1.165) is 0 Å². The van der Waals surface area contributed by atoms with Crippen molar-refractivity contribution in [1.29, 1.82) is 0 Å². The molecular weight excluding hydrogens is 709 g/mol. The van der Waals surface area contributed by atoms with Crippen LogP contribution in [0.1, 0.15) is 25.0 Å². The van der Waals surface area contributed by atoms with Crippen molar-refractivity contribution in [1.82, 2.24) is 0 Å². The van der Waals surface area contributed by atoms with Gasteiger partial charge in [0.25, 0.3) is 0 Å². The van der Waals surface area contributed by atoms with Crippen LogP contribution in [-0.4, -0.2) is 0 Å². The molecule has 0 heterocycles. The van der Waals surface area contributed by atoms with Crippen molar-refractivity contribution in [2.75, 3.05) is 0 Å². The summed E-state index contributed by atoms with van der Waals surface area (Å²) < 4.78 is 0. The van der Waals surface area contributed by atoms with Gasteiger partial charge < -0.3 is 0 Å². The first-order valence-electron chi connectivity index (χ1n) is 20.7. The fraction of sp³-hybridized carbons (Fsp3) is 0.0508. The molecule has 0 amide bonds. The van der Waals surface area contributed by atoms with Crippen molar-refractivity contribution in [3.63, 3.8) is 0 Å². The van der Waals surface area contributed by atoms with E-state index in [2.05, 4.69) is 220 Å². The minimum absolute atomic E-state index is 0.115. The van der Waals surface area contributed by atoms with Gasteiger partial charge >= 0.3 is 0 Å². The molecule has 0 nitrogen and oxygen atoms in total. The lowest BCUT2D eigenvalue weighted by Crippen LogP contribution is -2.15. The number of hydrogen-bond acceptors (Lipinski definition) is 0. The molecule has 0 aliphatic heterocycles. The van der Waals surface area contributed by atoms with Crippen LogP contribution in [-0.2, 0) is 5.41 Å². The second-order valence-electron chi connectivity index (χ2n) is 16.9. The third-order valence-electron chi connectivity index (χ3n) is 13.2. The molecule has 0 fully saturated rings. The summed E-state index contributed by atoms with van der Waals surface area (Å²) in [6.07, 6.45) is 0. The summed E-state index contributed by atoms with van der Waals surface area (Å²) in [6.45, 7) is 4.76. The van der Waals surface area contributed by atoms with Crippen LogP contribution in [0.4, 0.5) is 0 Å². The van der Waals surface area contributed by atoms with Gasteiger partial charge in [0, 0.05) is 5.41 Å². The lowest BCUT2D eigenvalue weighted by Gasteiger charge is -2.22. The molecule has 0 spiro atoms. The summed E-state index contributed by atoms with van der Waals surface area (Å²) in [5.41, 5.74) is 15.3. The minimum atomic E-state index is -0.115. The average Bonchev–Trinajstić information content (AvgIpc) is 3.52. The molecule has 59 heavy (non-hydrogen) atoms. The molecule has 1 aliphatic carbocycles. The first kappa shape index (κ1) is 33.8. The molecular formula is C59H40. The normalized spacial score (nSPS) is 13.1. The van der Waals surface area contributed by atoms with Gasteiger partial charge in [-0.25, -0.2) is 0 Å². The molecule has 0 N–H and O–H groups in total. The number of rotatable bonds is 4. The third kappa shape index (κ3) is 5.30. The molecule has 0 aromatic heterocycles. The highest BCUT2D eigenvalue weighted by atomic mass is 14.4. The fourth-order valence-electron chi connectivity index (χ4n) is 10.2. The Morgan fingerprint density at radius 3 is 1.27 bits per heavy atom. The molecule has 0 bridgehead atoms. The molecule has 0 saturated heterocycles. The molecule has 11 aromatic rings. The van der Waals surface area contributed by atoms with E-state index in [-0.39, 0.29) is 5.41 Å². The van der Waals surface area contributed by atoms with Gasteiger partial charge in [0.15, 0.2) is 0 Å². The third-order valence-corrected chi connectivity index (χ3v) is 13.2. The van der Waals surface area contributed by atoms with Gasteiger partial charge in [-0.3, -0.25) is 0 Å². The minimum Gasteiger partial charge on any atom is -0.0616 e. The van der Waals surface area contributed by atoms with Gasteiger partial charge in [-0.15, -0.1) is 0 Å². The maximum Gasteiger partial charge on any atom is 0.0159 e. The van der Waals surface area contributed by atoms with Crippen molar-refractivity contribution in [3.8, 4) is 55.6 Å². The highest BCUT2D eigenvalue weighted by Crippen LogP contribution is 2.51. The molecule has 0 radical (unpaired) electrons. The Hall–Kier alpha value is -7.28. The summed E-state index contributed by atoms with van der Waals surface area (Å²) in [5.74, 6) is 0. The Balaban J connectivity index is 1.06. The Bertz CT molecular complexity index is 3530. The summed E-state index contributed by atoms with van der Waals surface area (Å²) in [6, 6.07) is 77.2. The van der Waals surface area contributed by atoms with Crippen LogP contribution in [0.2, 0.25) is 0 Å². The summed E-state index contributed by atoms with van der Waals surface area (Å²) >= 11 is 0. The van der Waals surface area contributed by atoms with Crippen molar-refractivity contribution in [2.24, 2.45) is 0 Å². The highest BCUT2D eigenvalue weighted by molar-refractivity contribution is 6.22. The Labute approximate surface area is 344 Å². The van der Waals surface area contributed by atoms with Crippen LogP contribution in [0.3, 0.4) is 0 Å². The largest absolute Gasteiger partial charge is 0.0616 e. The van der Waals surface area contributed by atoms with Crippen molar-refractivity contribution < 1.29 is 0 Å². The quantitative estimate of drug-likeness (QED) is 0.157. The number of fused-ring (bicyclic) bond motifs is 8. The fourth-order valence-corrected chi connectivity index (χ4v) is 10.2. The van der Waals surface area contributed by atoms with Crippen molar-refractivity contribution in [3.05, 3.63) is 217 Å². The number of hydrogen-bond donors (Lipinski definition) is 0. The van der Waals surface area contributed by atoms with Gasteiger partial charge in [-0.2, -0.15) is 0 Å². The molecule has 12 rings (SSSR count). The molecule has 11 aromatic carbocycles. The Morgan fingerprint density at radius 1 is 0.254 bits per heavy atom. The molecule has 1 aliphatic rings. The van der Waals surface area contributed by atoms with E-state index in [0.29, 0.717) is 0 Å². The van der Waals surface area contributed by atoms with E-state index in [4.69, 9.17) is 0 Å². The predicted octanol–water partition coefficient (Wildman–Crippen LogP) is 16.4. The zero-order valence-electron chi connectivity index (χ0n) is 33.1. The maximum absolute atomic E-state index is 2.46. The van der Waals surface area contributed by atoms with Gasteiger partial charge in [0.1, 0.15) is 0 Å². The lowest BCUT2D eigenvalue weighted by molar-refractivity contribution is 0.660. The monoisotopic (exact) mass is 748 g/mol. The Morgan fingerprint density at radius 2 is 0.661 bits per heavy atom. The summed E-state index contributed by atoms with van der Waals surface area (Å²) in [5, 5.41) is 12.6. The topological polar surface area (TPSA) is 0 Å². The van der Waals surface area contributed by atoms with Gasteiger partial charge in [0.05, 0.1) is 0 Å². The summed E-state index contributed by atoms with van der Waals surface area (Å²) in [4.78, 5) is 0. The van der Waals surface area contributed by atoms with E-state index >= 15 is 0 Å². The zero-order valence-corrected chi connectivity index (χ0v) is 33.1. The maximum atomic E-state index is 2.46. The molecule has 276 valence electrons. The average molecular weight is 749 g/mol. The number of benzene rings is 11. The van der Waals surface area contributed by atoms with E-state index in [1.807, 2.05) is 0 Å². The smallest absolute Gasteiger partial charge is 0.0159 e. The first-order chi connectivity index (χ1) is 29.0. The van der Waals surface area contributed by atoms with E-state index in [9.17, 15) is 0 Å². The first-order valence-corrected chi connectivity index (χ1v) is 20.7. The van der Waals surface area contributed by atoms with Gasteiger partial charge in [-0.05, 0) is 157 Å². The second-order valence-corrected chi connectivity index (χ2v) is 16.9. The Kier molecular flexibility index (Phi) is 7.38. The SMILES string of the molecule is CC1(C)c2ccc(-c3ccc4c(-c5ccc6ccccc6c5)c5ccccc5c(-c5ccc6ccccc6c5)c4c3)cc2-c2ccc(-c3ccc4ccccc4c3)cc21. The van der Waals surface area contributed by atoms with E-state index in [1.54, 1.807) is 0 Å². The predicted molar refractivity (Wildman–Crippen MR) is 253 cm³/mol. The second kappa shape index (κ2) is 12.9. The molecule has 0 saturated carbocycles. The van der Waals surface area contributed by atoms with Crippen LogP contribution in [0, 0.1) is 0 Å². The van der Waals surface area contributed by atoms with Crippen LogP contribution >= 0.6 is 0 Å². The van der Waals surface area contributed by atoms with Crippen LogP contribution in [0.15, 0.2) is 206 Å². The van der Waals surface area contributed by atoms with E-state index < -0.39 is 0 Å². The zero-order chi connectivity index (χ0) is 39.2. The standard InChI is InChI=1S/C59H40/c1-59(2)55-30-27-45(34-53(55)49-28-25-46(36-56(49)59)43-22-19-37-11-3-6-14-40(37)31-43)44-26-29-52-54(35-44)58(48-24-21-39-13-5-8-16-42(39)33-48)51-18-10-9-17-50(51)57(52)47-23-20-38-12-4-7-15-41(38)32-47/h3-36H,1-2H3.